The second-order valence-electron chi connectivity index (χ2n) is 8.28. The van der Waals surface area contributed by atoms with E-state index >= 15 is 0 Å². The number of hydrogen-bond acceptors (Lipinski definition) is 5. The fraction of sp³-hybridized carbons (Fsp3) is 0.217. The van der Waals surface area contributed by atoms with Crippen molar-refractivity contribution < 1.29 is 22.0 Å². The molecule has 0 aliphatic carbocycles. The summed E-state index contributed by atoms with van der Waals surface area (Å²) in [6.45, 7) is 0.599. The van der Waals surface area contributed by atoms with Crippen molar-refractivity contribution >= 4 is 22.6 Å². The molecule has 1 atom stereocenters. The molecule has 12 heteroatoms. The van der Waals surface area contributed by atoms with Gasteiger partial charge < -0.3 is 9.88 Å². The number of alkyl halides is 3. The summed E-state index contributed by atoms with van der Waals surface area (Å²) in [7, 11) is 0. The van der Waals surface area contributed by atoms with Crippen LogP contribution in [0.15, 0.2) is 48.8 Å². The molecular weight excluding hydrogens is 469 g/mol. The average Bonchev–Trinajstić information content (AvgIpc) is 3.56. The summed E-state index contributed by atoms with van der Waals surface area (Å²) in [4.78, 5) is 17.4. The van der Waals surface area contributed by atoms with E-state index in [-0.39, 0.29) is 23.1 Å². The summed E-state index contributed by atoms with van der Waals surface area (Å²) < 4.78 is 68.9. The van der Waals surface area contributed by atoms with Crippen molar-refractivity contribution in [2.75, 3.05) is 11.4 Å². The SMILES string of the molecule is Fc1ccc(F)c([C@H]2CCCN2c2ccn3ncc(-c4nc5nc(C(F)(F)F)ccc5[nH]4)c3n2)c1. The quantitative estimate of drug-likeness (QED) is 0.351. The molecule has 1 aliphatic heterocycles. The van der Waals surface area contributed by atoms with Gasteiger partial charge in [0.05, 0.1) is 23.3 Å². The third-order valence-electron chi connectivity index (χ3n) is 6.11. The molecular formula is C23H16F5N7. The molecule has 0 unspecified atom stereocenters. The highest BCUT2D eigenvalue weighted by Crippen LogP contribution is 2.37. The van der Waals surface area contributed by atoms with Gasteiger partial charge in [0.25, 0.3) is 0 Å². The zero-order valence-corrected chi connectivity index (χ0v) is 17.9. The van der Waals surface area contributed by atoms with Crippen molar-refractivity contribution in [3.05, 3.63) is 71.7 Å². The lowest BCUT2D eigenvalue weighted by atomic mass is 10.0. The number of hydrogen-bond donors (Lipinski definition) is 1. The van der Waals surface area contributed by atoms with Crippen LogP contribution in [-0.4, -0.2) is 36.1 Å². The first-order chi connectivity index (χ1) is 16.8. The maximum absolute atomic E-state index is 14.5. The minimum absolute atomic E-state index is 0.0773. The van der Waals surface area contributed by atoms with Crippen molar-refractivity contribution in [3.63, 3.8) is 0 Å². The van der Waals surface area contributed by atoms with Gasteiger partial charge in [-0.1, -0.05) is 0 Å². The highest BCUT2D eigenvalue weighted by Gasteiger charge is 2.33. The number of anilines is 1. The van der Waals surface area contributed by atoms with E-state index in [1.165, 1.54) is 22.8 Å². The number of rotatable bonds is 3. The lowest BCUT2D eigenvalue weighted by Gasteiger charge is -2.26. The molecule has 0 radical (unpaired) electrons. The Balaban J connectivity index is 1.41. The molecule has 1 aromatic carbocycles. The Bertz CT molecular complexity index is 1570. The third kappa shape index (κ3) is 3.65. The van der Waals surface area contributed by atoms with Crippen LogP contribution in [0, 0.1) is 11.6 Å². The molecule has 0 amide bonds. The fourth-order valence-electron chi connectivity index (χ4n) is 4.50. The van der Waals surface area contributed by atoms with Crippen LogP contribution >= 0.6 is 0 Å². The molecule has 35 heavy (non-hydrogen) atoms. The van der Waals surface area contributed by atoms with Gasteiger partial charge in [-0.2, -0.15) is 18.3 Å². The smallest absolute Gasteiger partial charge is 0.349 e. The maximum atomic E-state index is 14.5. The number of aromatic nitrogens is 6. The Morgan fingerprint density at radius 1 is 1.00 bits per heavy atom. The summed E-state index contributed by atoms with van der Waals surface area (Å²) >= 11 is 0. The molecule has 1 N–H and O–H groups in total. The first kappa shape index (κ1) is 21.4. The van der Waals surface area contributed by atoms with Crippen LogP contribution in [0.5, 0.6) is 0 Å². The van der Waals surface area contributed by atoms with Gasteiger partial charge in [0.2, 0.25) is 0 Å². The van der Waals surface area contributed by atoms with Crippen LogP contribution in [0.3, 0.4) is 0 Å². The predicted molar refractivity (Wildman–Crippen MR) is 117 cm³/mol. The lowest BCUT2D eigenvalue weighted by Crippen LogP contribution is -2.24. The number of imidazole rings is 1. The lowest BCUT2D eigenvalue weighted by molar-refractivity contribution is -0.141. The second-order valence-corrected chi connectivity index (χ2v) is 8.28. The molecule has 7 nitrogen and oxygen atoms in total. The number of fused-ring (bicyclic) bond motifs is 2. The molecule has 4 aromatic heterocycles. The van der Waals surface area contributed by atoms with Crippen LogP contribution in [0.2, 0.25) is 0 Å². The Morgan fingerprint density at radius 2 is 1.86 bits per heavy atom. The minimum Gasteiger partial charge on any atom is -0.349 e. The van der Waals surface area contributed by atoms with Gasteiger partial charge in [-0.25, -0.2) is 28.2 Å². The van der Waals surface area contributed by atoms with E-state index in [1.54, 1.807) is 12.3 Å². The van der Waals surface area contributed by atoms with Gasteiger partial charge >= 0.3 is 6.18 Å². The Hall–Kier alpha value is -4.09. The summed E-state index contributed by atoms with van der Waals surface area (Å²) in [6, 6.07) is 6.91. The number of nitrogens with one attached hydrogen (secondary N) is 1. The molecule has 6 rings (SSSR count). The third-order valence-corrected chi connectivity index (χ3v) is 6.11. The number of H-pyrrole nitrogens is 1. The monoisotopic (exact) mass is 485 g/mol. The average molecular weight is 485 g/mol. The molecule has 0 saturated carbocycles. The van der Waals surface area contributed by atoms with E-state index in [9.17, 15) is 22.0 Å². The van der Waals surface area contributed by atoms with E-state index in [1.807, 2.05) is 4.90 Å². The van der Waals surface area contributed by atoms with Gasteiger partial charge in [0.1, 0.15) is 29.0 Å². The summed E-state index contributed by atoms with van der Waals surface area (Å²) in [6.07, 6.45) is 0.0114. The van der Waals surface area contributed by atoms with Crippen LogP contribution < -0.4 is 4.90 Å². The second kappa shape index (κ2) is 7.72. The van der Waals surface area contributed by atoms with Gasteiger partial charge in [0, 0.05) is 18.3 Å². The molecule has 1 saturated heterocycles. The summed E-state index contributed by atoms with van der Waals surface area (Å²) in [5.74, 6) is -0.191. The first-order valence-electron chi connectivity index (χ1n) is 10.8. The molecule has 5 heterocycles. The molecule has 1 fully saturated rings. The zero-order chi connectivity index (χ0) is 24.3. The Labute approximate surface area is 194 Å². The zero-order valence-electron chi connectivity index (χ0n) is 17.9. The van der Waals surface area contributed by atoms with E-state index < -0.39 is 23.5 Å². The number of nitrogens with zero attached hydrogens (tertiary/aromatic N) is 6. The van der Waals surface area contributed by atoms with E-state index in [2.05, 4.69) is 20.1 Å². The summed E-state index contributed by atoms with van der Waals surface area (Å²) in [5, 5.41) is 4.26. The number of pyridine rings is 1. The van der Waals surface area contributed by atoms with Gasteiger partial charge in [0.15, 0.2) is 11.3 Å². The maximum Gasteiger partial charge on any atom is 0.433 e. The van der Waals surface area contributed by atoms with Crippen LogP contribution in [0.4, 0.5) is 27.8 Å². The minimum atomic E-state index is -4.58. The topological polar surface area (TPSA) is 75.0 Å². The van der Waals surface area contributed by atoms with Crippen LogP contribution in [0.1, 0.15) is 30.1 Å². The summed E-state index contributed by atoms with van der Waals surface area (Å²) in [5.41, 5.74) is 0.361. The highest BCUT2D eigenvalue weighted by atomic mass is 19.4. The fourth-order valence-corrected chi connectivity index (χ4v) is 4.50. The molecule has 0 bridgehead atoms. The van der Waals surface area contributed by atoms with E-state index in [0.29, 0.717) is 35.5 Å². The molecule has 5 aromatic rings. The van der Waals surface area contributed by atoms with E-state index in [0.717, 1.165) is 24.6 Å². The van der Waals surface area contributed by atoms with Crippen molar-refractivity contribution in [2.45, 2.75) is 25.1 Å². The Kier molecular flexibility index (Phi) is 4.73. The van der Waals surface area contributed by atoms with Crippen LogP contribution in [0.25, 0.3) is 28.2 Å². The number of aromatic amines is 1. The van der Waals surface area contributed by atoms with E-state index in [4.69, 9.17) is 4.98 Å². The molecule has 1 aliphatic rings. The van der Waals surface area contributed by atoms with Crippen molar-refractivity contribution in [1.82, 2.24) is 29.5 Å². The number of halogens is 5. The standard InChI is InChI=1S/C23H16F5N7/c24-12-3-4-15(25)13(10-12)17-2-1-8-34(17)19-7-9-35-22(32-19)14(11-29-35)20-30-16-5-6-18(23(26,27)28)31-21(16)33-20/h3-7,9-11,17H,1-2,8H2,(H,30,31,33)/t17-/m1/s1. The molecule has 0 spiro atoms. The van der Waals surface area contributed by atoms with Crippen molar-refractivity contribution in [2.24, 2.45) is 0 Å². The molecule has 178 valence electrons. The van der Waals surface area contributed by atoms with Gasteiger partial charge in [-0.15, -0.1) is 0 Å². The van der Waals surface area contributed by atoms with Crippen molar-refractivity contribution in [3.8, 4) is 11.4 Å². The van der Waals surface area contributed by atoms with Gasteiger partial charge in [-0.05, 0) is 49.2 Å². The van der Waals surface area contributed by atoms with Gasteiger partial charge in [-0.3, -0.25) is 0 Å². The number of benzene rings is 1. The predicted octanol–water partition coefficient (Wildman–Crippen LogP) is 5.31. The Morgan fingerprint density at radius 3 is 2.69 bits per heavy atom. The normalized spacial score (nSPS) is 16.6. The largest absolute Gasteiger partial charge is 0.433 e. The van der Waals surface area contributed by atoms with Crippen LogP contribution in [-0.2, 0) is 6.18 Å². The highest BCUT2D eigenvalue weighted by molar-refractivity contribution is 5.81. The first-order valence-corrected chi connectivity index (χ1v) is 10.8. The van der Waals surface area contributed by atoms with Crippen molar-refractivity contribution in [1.29, 1.82) is 0 Å².